The largest absolute Gasteiger partial charge is 0.232 e. The van der Waals surface area contributed by atoms with Crippen molar-refractivity contribution in [1.82, 2.24) is 0 Å². The van der Waals surface area contributed by atoms with E-state index in [-0.39, 0.29) is 6.61 Å². The Labute approximate surface area is 75.8 Å². The number of hydrogen-bond acceptors (Lipinski definition) is 0. The molecule has 0 aliphatic heterocycles. The Morgan fingerprint density at radius 2 is 2.17 bits per heavy atom. The van der Waals surface area contributed by atoms with Crippen LogP contribution < -0.4 is 0 Å². The smallest absolute Gasteiger partial charge is 0.101 e. The molecule has 1 atom stereocenters. The van der Waals surface area contributed by atoms with Gasteiger partial charge < -0.3 is 0 Å². The van der Waals surface area contributed by atoms with Crippen molar-refractivity contribution >= 4 is 0 Å². The monoisotopic (exact) mass is 167 g/mol. The van der Waals surface area contributed by atoms with Crippen molar-refractivity contribution in [3.05, 3.63) is 23.8 Å². The van der Waals surface area contributed by atoms with E-state index in [4.69, 9.17) is 0 Å². The topological polar surface area (TPSA) is 19.9 Å². The average Bonchev–Trinajstić information content (AvgIpc) is 2.05. The van der Waals surface area contributed by atoms with Crippen LogP contribution in [-0.4, -0.2) is 6.61 Å². The highest BCUT2D eigenvalue weighted by molar-refractivity contribution is 5.09. The van der Waals surface area contributed by atoms with E-state index in [2.05, 4.69) is 26.0 Å². The molecule has 69 valence electrons. The minimum atomic E-state index is -0.0994. The molecule has 0 aromatic rings. The maximum Gasteiger partial charge on any atom is 0.101 e. The van der Waals surface area contributed by atoms with Gasteiger partial charge in [-0.05, 0) is 19.3 Å². The molecule has 0 aliphatic carbocycles. The van der Waals surface area contributed by atoms with Crippen molar-refractivity contribution in [2.75, 3.05) is 6.61 Å². The van der Waals surface area contributed by atoms with Crippen LogP contribution in [0.4, 0.5) is 0 Å². The Morgan fingerprint density at radius 1 is 1.50 bits per heavy atom. The van der Waals surface area contributed by atoms with Gasteiger partial charge >= 0.3 is 0 Å². The molecular formula is C11H19O. The zero-order valence-corrected chi connectivity index (χ0v) is 8.34. The molecule has 0 amide bonds. The van der Waals surface area contributed by atoms with E-state index in [0.29, 0.717) is 5.92 Å². The zero-order valence-electron chi connectivity index (χ0n) is 8.34. The SMILES string of the molecule is CCC/C=C/C(C)/C(C)=C/C[O]. The second kappa shape index (κ2) is 7.11. The Bertz CT molecular complexity index is 156. The van der Waals surface area contributed by atoms with Crippen LogP contribution in [-0.2, 0) is 5.11 Å². The molecule has 1 unspecified atom stereocenters. The Morgan fingerprint density at radius 3 is 2.67 bits per heavy atom. The quantitative estimate of drug-likeness (QED) is 0.559. The summed E-state index contributed by atoms with van der Waals surface area (Å²) in [6.45, 7) is 6.19. The summed E-state index contributed by atoms with van der Waals surface area (Å²) in [5.74, 6) is 0.422. The van der Waals surface area contributed by atoms with E-state index in [1.165, 1.54) is 12.0 Å². The lowest BCUT2D eigenvalue weighted by Crippen LogP contribution is -1.92. The summed E-state index contributed by atoms with van der Waals surface area (Å²) in [5.41, 5.74) is 1.18. The van der Waals surface area contributed by atoms with E-state index in [1.807, 2.05) is 6.92 Å². The highest BCUT2D eigenvalue weighted by Gasteiger charge is 1.97. The highest BCUT2D eigenvalue weighted by atomic mass is 16.2. The first kappa shape index (κ1) is 11.4. The molecule has 0 aliphatic rings. The number of unbranched alkanes of at least 4 members (excludes halogenated alkanes) is 1. The van der Waals surface area contributed by atoms with Crippen molar-refractivity contribution < 1.29 is 5.11 Å². The van der Waals surface area contributed by atoms with Gasteiger partial charge in [0.05, 0.1) is 0 Å². The summed E-state index contributed by atoms with van der Waals surface area (Å²) in [6, 6.07) is 0. The van der Waals surface area contributed by atoms with Crippen LogP contribution in [0.25, 0.3) is 0 Å². The van der Waals surface area contributed by atoms with Crippen LogP contribution in [0.15, 0.2) is 23.8 Å². The summed E-state index contributed by atoms with van der Waals surface area (Å²) in [7, 11) is 0. The second-order valence-corrected chi connectivity index (χ2v) is 3.12. The van der Waals surface area contributed by atoms with E-state index in [9.17, 15) is 5.11 Å². The Kier molecular flexibility index (Phi) is 6.78. The van der Waals surface area contributed by atoms with Crippen molar-refractivity contribution in [3.8, 4) is 0 Å². The predicted molar refractivity (Wildman–Crippen MR) is 52.5 cm³/mol. The molecule has 1 heteroatoms. The molecule has 0 N–H and O–H groups in total. The average molecular weight is 167 g/mol. The van der Waals surface area contributed by atoms with Crippen molar-refractivity contribution in [2.45, 2.75) is 33.6 Å². The molecule has 0 fully saturated rings. The molecule has 1 radical (unpaired) electrons. The lowest BCUT2D eigenvalue weighted by molar-refractivity contribution is 0.231. The fourth-order valence-electron chi connectivity index (χ4n) is 0.936. The van der Waals surface area contributed by atoms with Gasteiger partial charge in [-0.3, -0.25) is 0 Å². The molecule has 0 bridgehead atoms. The fourth-order valence-corrected chi connectivity index (χ4v) is 0.936. The van der Waals surface area contributed by atoms with Gasteiger partial charge in [0, 0.05) is 0 Å². The first-order chi connectivity index (χ1) is 5.72. The molecular weight excluding hydrogens is 148 g/mol. The summed E-state index contributed by atoms with van der Waals surface area (Å²) >= 11 is 0. The van der Waals surface area contributed by atoms with Gasteiger partial charge in [-0.1, -0.05) is 44.1 Å². The summed E-state index contributed by atoms with van der Waals surface area (Å²) in [6.07, 6.45) is 8.43. The van der Waals surface area contributed by atoms with Crippen LogP contribution in [0.5, 0.6) is 0 Å². The van der Waals surface area contributed by atoms with Crippen molar-refractivity contribution in [2.24, 2.45) is 5.92 Å². The maximum atomic E-state index is 10.3. The second-order valence-electron chi connectivity index (χ2n) is 3.12. The first-order valence-corrected chi connectivity index (χ1v) is 4.63. The van der Waals surface area contributed by atoms with Crippen molar-refractivity contribution in [1.29, 1.82) is 0 Å². The minimum absolute atomic E-state index is 0.0994. The lowest BCUT2D eigenvalue weighted by atomic mass is 10.0. The number of rotatable bonds is 5. The number of allylic oxidation sites excluding steroid dienone is 3. The van der Waals surface area contributed by atoms with Gasteiger partial charge in [0.2, 0.25) is 0 Å². The lowest BCUT2D eigenvalue weighted by Gasteiger charge is -2.05. The van der Waals surface area contributed by atoms with Crippen molar-refractivity contribution in [3.63, 3.8) is 0 Å². The molecule has 0 aromatic carbocycles. The normalized spacial score (nSPS) is 15.5. The summed E-state index contributed by atoms with van der Waals surface area (Å²) < 4.78 is 0. The number of hydrogen-bond donors (Lipinski definition) is 0. The van der Waals surface area contributed by atoms with E-state index in [1.54, 1.807) is 6.08 Å². The molecule has 0 saturated carbocycles. The summed E-state index contributed by atoms with van der Waals surface area (Å²) in [4.78, 5) is 0. The van der Waals surface area contributed by atoms with Crippen LogP contribution in [0, 0.1) is 5.92 Å². The molecule has 1 nitrogen and oxygen atoms in total. The van der Waals surface area contributed by atoms with Crippen LogP contribution >= 0.6 is 0 Å². The third kappa shape index (κ3) is 5.14. The van der Waals surface area contributed by atoms with Gasteiger partial charge in [-0.15, -0.1) is 0 Å². The predicted octanol–water partition coefficient (Wildman–Crippen LogP) is 3.36. The van der Waals surface area contributed by atoms with Gasteiger partial charge in [0.1, 0.15) is 6.61 Å². The fraction of sp³-hybridized carbons (Fsp3) is 0.636. The van der Waals surface area contributed by atoms with E-state index >= 15 is 0 Å². The van der Waals surface area contributed by atoms with Crippen LogP contribution in [0.1, 0.15) is 33.6 Å². The Balaban J connectivity index is 3.85. The maximum absolute atomic E-state index is 10.3. The minimum Gasteiger partial charge on any atom is -0.232 e. The van der Waals surface area contributed by atoms with E-state index in [0.717, 1.165) is 6.42 Å². The van der Waals surface area contributed by atoms with Gasteiger partial charge in [-0.25, -0.2) is 5.11 Å². The zero-order chi connectivity index (χ0) is 9.40. The third-order valence-corrected chi connectivity index (χ3v) is 2.00. The summed E-state index contributed by atoms with van der Waals surface area (Å²) in [5, 5.41) is 10.3. The van der Waals surface area contributed by atoms with Crippen LogP contribution in [0.2, 0.25) is 0 Å². The van der Waals surface area contributed by atoms with Crippen LogP contribution in [0.3, 0.4) is 0 Å². The highest BCUT2D eigenvalue weighted by Crippen LogP contribution is 2.11. The standard InChI is InChI=1S/C11H19O/c1-4-5-6-7-10(2)11(3)8-9-12/h6-8,10H,4-5,9H2,1-3H3/b7-6+,11-8+. The Hall–Kier alpha value is -0.560. The molecule has 0 rings (SSSR count). The molecule has 12 heavy (non-hydrogen) atoms. The third-order valence-electron chi connectivity index (χ3n) is 2.00. The van der Waals surface area contributed by atoms with E-state index < -0.39 is 0 Å². The molecule has 0 heterocycles. The molecule has 0 spiro atoms. The van der Waals surface area contributed by atoms with Gasteiger partial charge in [0.25, 0.3) is 0 Å². The van der Waals surface area contributed by atoms with Gasteiger partial charge in [-0.2, -0.15) is 0 Å². The first-order valence-electron chi connectivity index (χ1n) is 4.63. The molecule has 0 saturated heterocycles. The molecule has 0 aromatic heterocycles. The van der Waals surface area contributed by atoms with Gasteiger partial charge in [0.15, 0.2) is 0 Å².